The molecule has 0 spiro atoms. The maximum absolute atomic E-state index is 15.2. The molecule has 0 unspecified atom stereocenters. The first-order chi connectivity index (χ1) is 69.4. The van der Waals surface area contributed by atoms with E-state index in [1.54, 1.807) is 65.0 Å². The number of hydrogen-bond donors (Lipinski definition) is 11. The molecule has 22 rings (SSSR count). The summed E-state index contributed by atoms with van der Waals surface area (Å²) in [4.78, 5) is 159. The Balaban J connectivity index is 0.000000122. The Morgan fingerprint density at radius 2 is 0.959 bits per heavy atom. The van der Waals surface area contributed by atoms with Gasteiger partial charge in [-0.3, -0.25) is 48.1 Å². The van der Waals surface area contributed by atoms with Crippen molar-refractivity contribution in [1.29, 1.82) is 0 Å². The number of ether oxygens (including phenoxy) is 1. The van der Waals surface area contributed by atoms with Gasteiger partial charge in [-0.25, -0.2) is 58.4 Å². The van der Waals surface area contributed by atoms with Gasteiger partial charge in [-0.1, -0.05) is 17.7 Å². The van der Waals surface area contributed by atoms with Crippen molar-refractivity contribution in [2.45, 2.75) is 37.5 Å². The monoisotopic (exact) mass is 2080 g/mol. The number of rotatable bonds is 21. The van der Waals surface area contributed by atoms with Crippen molar-refractivity contribution in [3.05, 3.63) is 336 Å². The number of halogens is 5. The zero-order valence-corrected chi connectivity index (χ0v) is 79.8. The van der Waals surface area contributed by atoms with E-state index in [2.05, 4.69) is 35.2 Å². The van der Waals surface area contributed by atoms with Crippen LogP contribution in [-0.4, -0.2) is 150 Å². The number of pyridine rings is 5. The van der Waals surface area contributed by atoms with Crippen LogP contribution >= 0.6 is 46.0 Å². The quantitative estimate of drug-likeness (QED) is 0.0181. The summed E-state index contributed by atoms with van der Waals surface area (Å²) in [5, 5.41) is 29.9. The number of H-pyrrole nitrogens is 4. The van der Waals surface area contributed by atoms with E-state index >= 15 is 17.6 Å². The average molecular weight is 2080 g/mol. The standard InChI is InChI=1S/C27H17ClFN3O4S.C26H17FN4O5.C23H19FN4O6S2.C23H17FN4O6S2/c1-37-15-5-4-13-9-14(25(28)31-19(13)10-15)12-32-20-11-18(29)16-6-8-36-24(16)22(20)21(23(32)27(34)35)17-3-2-7-30-26(17)33;27-17-9-18-14(10-28-11-20(32)30-18)8-15(17)12-31-19-4-3-13-5-7-36-24(13)22(19)21(23(31)26(34)35)16-2-1-6-29-25(16)33;2*1-36(32,33)27-23(31)19-17(13-3-2-5-26-22(13)30)18-15(8-14(24)12-4-6-34-20(12)18)28(19)9-11-7-16(21(25)29)35-10-11/h2-11H,12H2,1H3,(H,30,33)(H,34,35);1-10H,11-12H2,(H,29,33)(H,30,32)(H,34,35);2-3,5,7-8,10H,4,6,9H2,1H3,(H2,25,29)(H,26,30)(H,27,31);2-8,10H,9H2,1H3,(H2,25,29)(H,26,30)(H,27,31). The van der Waals surface area contributed by atoms with Crippen molar-refractivity contribution in [3.8, 4) is 50.3 Å². The summed E-state index contributed by atoms with van der Waals surface area (Å²) in [6.45, 7) is -0.167. The van der Waals surface area contributed by atoms with Crippen molar-refractivity contribution in [2.75, 3.05) is 37.2 Å². The van der Waals surface area contributed by atoms with E-state index < -0.39 is 101 Å². The molecule has 0 saturated heterocycles. The SMILES string of the molecule is CS(=O)(=O)NC(=O)c1c(-c2ccc[nH]c2=O)c2c3c(c(F)cc2n1Cc1csc(C(N)=O)c1)CCO3.CS(=O)(=O)NC(=O)c1c(-c2ccc[nH]c2=O)c2c3occc3c(F)cc2n1Cc1csc(C(N)=O)c1.CSc1ccc2cc(Cn3c(C(=O)O)c(-c4ccc[nH]c4=O)c4c5occc5c(F)cc43)c(Cl)nc2c1.O=C1CN=Cc2cc(Cn3c(C(=O)O)c(-c4ccc[nH]c4=O)c4c5occc5ccc43)c(F)cc2N1. The molecule has 6 aromatic carbocycles. The number of carboxylic acid groups (broad SMARTS) is 2. The number of carboxylic acids is 2. The van der Waals surface area contributed by atoms with Gasteiger partial charge in [-0.05, 0) is 168 Å². The number of carbonyl (C=O) groups is 7. The Morgan fingerprint density at radius 1 is 0.510 bits per heavy atom. The Bertz CT molecular complexity index is 9500. The second kappa shape index (κ2) is 38.3. The van der Waals surface area contributed by atoms with Crippen LogP contribution in [-0.2, 0) is 57.4 Å². The van der Waals surface area contributed by atoms with Crippen LogP contribution in [0.25, 0.3) is 132 Å². The molecule has 145 heavy (non-hydrogen) atoms. The van der Waals surface area contributed by atoms with Crippen LogP contribution in [0.3, 0.4) is 0 Å². The number of primary amides is 2. The number of carbonyl (C=O) groups excluding carboxylic acids is 5. The Labute approximate surface area is 827 Å². The Morgan fingerprint density at radius 3 is 1.44 bits per heavy atom. The van der Waals surface area contributed by atoms with Crippen molar-refractivity contribution >= 4 is 207 Å². The van der Waals surface area contributed by atoms with E-state index in [4.69, 9.17) is 41.1 Å². The molecule has 0 radical (unpaired) electrons. The molecule has 0 saturated carbocycles. The average Bonchev–Trinajstić information content (AvgIpc) is 1.67. The highest BCUT2D eigenvalue weighted by atomic mass is 35.5. The third kappa shape index (κ3) is 18.2. The fourth-order valence-corrected chi connectivity index (χ4v) is 21.0. The molecule has 2 aliphatic heterocycles. The van der Waals surface area contributed by atoms with Crippen LogP contribution in [0, 0.1) is 23.3 Å². The molecular weight excluding hydrogens is 2010 g/mol. The normalized spacial score (nSPS) is 12.4. The minimum Gasteiger partial charge on any atom is -0.492 e. The molecule has 732 valence electrons. The molecular formula is C99H70ClF4N15O21S5. The summed E-state index contributed by atoms with van der Waals surface area (Å²) in [6.07, 6.45) is 15.2. The van der Waals surface area contributed by atoms with Crippen molar-refractivity contribution < 1.29 is 96.2 Å². The number of thiophene rings is 2. The predicted molar refractivity (Wildman–Crippen MR) is 537 cm³/mol. The number of thioether (sulfide) groups is 1. The number of sulfonamides is 2. The number of anilines is 1. The fourth-order valence-electron chi connectivity index (χ4n) is 18.0. The van der Waals surface area contributed by atoms with E-state index in [1.807, 2.05) is 40.0 Å². The van der Waals surface area contributed by atoms with Crippen LogP contribution in [0.5, 0.6) is 5.75 Å². The minimum absolute atomic E-state index is 0.0272. The van der Waals surface area contributed by atoms with Gasteiger partial charge in [0.25, 0.3) is 45.9 Å². The number of nitrogens with zero attached hydrogens (tertiary/aromatic N) is 6. The number of hydrogen-bond acceptors (Lipinski definition) is 24. The van der Waals surface area contributed by atoms with Gasteiger partial charge in [0.05, 0.1) is 149 Å². The van der Waals surface area contributed by atoms with Crippen LogP contribution in [0.1, 0.15) is 94.7 Å². The zero-order chi connectivity index (χ0) is 102. The van der Waals surface area contributed by atoms with E-state index in [0.717, 1.165) is 50.9 Å². The lowest BCUT2D eigenvalue weighted by atomic mass is 10.00. The van der Waals surface area contributed by atoms with Crippen LogP contribution in [0.2, 0.25) is 5.15 Å². The molecule has 0 bridgehead atoms. The first kappa shape index (κ1) is 96.6. The molecule has 14 aromatic heterocycles. The number of aromatic amines is 4. The van der Waals surface area contributed by atoms with Crippen molar-refractivity contribution in [1.82, 2.24) is 52.6 Å². The Kier molecular flexibility index (Phi) is 25.5. The molecule has 5 amide bonds. The van der Waals surface area contributed by atoms with E-state index in [1.165, 1.54) is 147 Å². The highest BCUT2D eigenvalue weighted by Gasteiger charge is 2.38. The van der Waals surface area contributed by atoms with Gasteiger partial charge in [-0.2, -0.15) is 0 Å². The molecule has 46 heteroatoms. The van der Waals surface area contributed by atoms with E-state index in [-0.39, 0.29) is 188 Å². The summed E-state index contributed by atoms with van der Waals surface area (Å²) in [5.74, 6) is -8.45. The first-order valence-electron chi connectivity index (χ1n) is 43.1. The number of aromatic nitrogens is 9. The summed E-state index contributed by atoms with van der Waals surface area (Å²) >= 11 is 10.3. The van der Waals surface area contributed by atoms with Gasteiger partial charge in [0.2, 0.25) is 26.0 Å². The third-order valence-corrected chi connectivity index (χ3v) is 28.1. The van der Waals surface area contributed by atoms with Gasteiger partial charge >= 0.3 is 11.9 Å². The van der Waals surface area contributed by atoms with Crippen LogP contribution in [0.4, 0.5) is 23.2 Å². The summed E-state index contributed by atoms with van der Waals surface area (Å²) in [5.41, 5.74) is 14.2. The summed E-state index contributed by atoms with van der Waals surface area (Å²) in [7, 11) is -8.01. The largest absolute Gasteiger partial charge is 0.492 e. The van der Waals surface area contributed by atoms with Gasteiger partial charge in [-0.15, -0.1) is 34.4 Å². The number of nitrogens with one attached hydrogen (secondary N) is 7. The number of nitrogens with two attached hydrogens (primary N) is 2. The molecule has 2 aliphatic rings. The topological polar surface area (TPSA) is 541 Å². The summed E-state index contributed by atoms with van der Waals surface area (Å²) in [6, 6.07) is 37.5. The molecule has 0 fully saturated rings. The number of benzodiazepines with no additional fused rings is 1. The first-order valence-corrected chi connectivity index (χ1v) is 50.2. The van der Waals surface area contributed by atoms with E-state index in [9.17, 15) is 79.8 Å². The molecule has 16 heterocycles. The molecule has 0 atom stereocenters. The number of benzene rings is 6. The molecule has 36 nitrogen and oxygen atoms in total. The number of aliphatic imine (C=N–C) groups is 1. The second-order valence-corrected chi connectivity index (χ2v) is 39.7. The minimum atomic E-state index is -4.01. The van der Waals surface area contributed by atoms with Crippen molar-refractivity contribution in [3.63, 3.8) is 0 Å². The maximum atomic E-state index is 15.2. The van der Waals surface area contributed by atoms with Crippen LogP contribution in [0.15, 0.2) is 242 Å². The van der Waals surface area contributed by atoms with E-state index in [0.29, 0.717) is 67.0 Å². The number of aromatic carboxylic acids is 2. The highest BCUT2D eigenvalue weighted by molar-refractivity contribution is 7.98. The number of amides is 5. The lowest BCUT2D eigenvalue weighted by Gasteiger charge is -2.13. The molecule has 0 aliphatic carbocycles. The lowest BCUT2D eigenvalue weighted by molar-refractivity contribution is -0.114. The van der Waals surface area contributed by atoms with Crippen molar-refractivity contribution in [2.24, 2.45) is 16.5 Å². The molecule has 13 N–H and O–H groups in total. The predicted octanol–water partition coefficient (Wildman–Crippen LogP) is 15.3. The van der Waals surface area contributed by atoms with Gasteiger partial charge < -0.3 is 83.2 Å². The maximum Gasteiger partial charge on any atom is 0.353 e. The van der Waals surface area contributed by atoms with Gasteiger partial charge in [0, 0.05) is 111 Å². The van der Waals surface area contributed by atoms with Gasteiger partial charge in [0.15, 0.2) is 0 Å². The molecule has 20 aromatic rings. The summed E-state index contributed by atoms with van der Waals surface area (Å²) < 4.78 is 141. The van der Waals surface area contributed by atoms with Crippen LogP contribution < -0.4 is 53.2 Å². The lowest BCUT2D eigenvalue weighted by Crippen LogP contribution is -2.31. The van der Waals surface area contributed by atoms with Gasteiger partial charge in [0.1, 0.15) is 80.2 Å². The second-order valence-electron chi connectivity index (χ2n) is 33.1. The fraction of sp³-hybridized carbons (Fsp3) is 0.101. The Hall–Kier alpha value is -17.3. The third-order valence-electron chi connectivity index (χ3n) is 23.9. The highest BCUT2D eigenvalue weighted by Crippen LogP contribution is 2.48. The zero-order valence-electron chi connectivity index (χ0n) is 75.0. The number of furan rings is 3. The number of fused-ring (bicyclic) bond motifs is 14. The smallest absolute Gasteiger partial charge is 0.353 e.